The fraction of sp³-hybridized carbons (Fsp3) is 0.206. The van der Waals surface area contributed by atoms with Gasteiger partial charge in [-0.25, -0.2) is 0 Å². The van der Waals surface area contributed by atoms with Crippen molar-refractivity contribution in [1.82, 2.24) is 4.57 Å². The predicted molar refractivity (Wildman–Crippen MR) is 282 cm³/mol. The summed E-state index contributed by atoms with van der Waals surface area (Å²) in [6.45, 7) is 22.2. The van der Waals surface area contributed by atoms with E-state index in [9.17, 15) is 0 Å². The maximum absolute atomic E-state index is 4.30. The van der Waals surface area contributed by atoms with Gasteiger partial charge in [-0.2, -0.15) is 0 Å². The molecule has 0 saturated carbocycles. The number of benzene rings is 4. The molecule has 5 aliphatic rings. The van der Waals surface area contributed by atoms with E-state index >= 15 is 0 Å². The number of aryl methyl sites for hydroxylation is 1. The normalized spacial score (nSPS) is 17.7. The highest BCUT2D eigenvalue weighted by Crippen LogP contribution is 2.53. The van der Waals surface area contributed by atoms with Crippen LogP contribution >= 0.6 is 0 Å². The molecule has 0 aliphatic heterocycles. The molecular weight excluding hydrogens is 771 g/mol. The van der Waals surface area contributed by atoms with Crippen molar-refractivity contribution in [3.63, 3.8) is 0 Å². The van der Waals surface area contributed by atoms with Crippen molar-refractivity contribution in [2.24, 2.45) is 0 Å². The molecule has 10 rings (SSSR count). The molecule has 5 aromatic rings. The van der Waals surface area contributed by atoms with Crippen molar-refractivity contribution in [2.45, 2.75) is 86.0 Å². The maximum Gasteiger partial charge on any atom is 0.0538 e. The topological polar surface area (TPSA) is 4.93 Å². The van der Waals surface area contributed by atoms with Gasteiger partial charge in [-0.15, -0.1) is 0 Å². The highest BCUT2D eigenvalue weighted by molar-refractivity contribution is 6.11. The molecule has 1 heteroatoms. The average Bonchev–Trinajstić information content (AvgIpc) is 3.95. The van der Waals surface area contributed by atoms with E-state index in [1.54, 1.807) is 0 Å². The molecule has 1 nitrogen and oxygen atoms in total. The zero-order chi connectivity index (χ0) is 44.7. The highest BCUT2D eigenvalue weighted by atomic mass is 15.0. The van der Waals surface area contributed by atoms with Crippen LogP contribution in [0.1, 0.15) is 106 Å². The summed E-state index contributed by atoms with van der Waals surface area (Å²) in [6, 6.07) is 31.5. The predicted octanol–water partition coefficient (Wildman–Crippen LogP) is 17.8. The van der Waals surface area contributed by atoms with Crippen LogP contribution in [0.25, 0.3) is 50.8 Å². The van der Waals surface area contributed by atoms with Crippen molar-refractivity contribution < 1.29 is 0 Å². The average molecular weight is 834 g/mol. The fourth-order valence-corrected chi connectivity index (χ4v) is 10.4. The molecule has 0 amide bonds. The fourth-order valence-electron chi connectivity index (χ4n) is 10.4. The first-order chi connectivity index (χ1) is 31.5. The largest absolute Gasteiger partial charge is 0.312 e. The lowest BCUT2D eigenvalue weighted by Crippen LogP contribution is -2.08. The summed E-state index contributed by atoms with van der Waals surface area (Å²) in [7, 11) is 0. The SMILES string of the molecule is C=CC1=C(/C=C\C)/C(=C2\C3=C(C=CCC3)C(/C=C\CC)=C2Cc2ccc3c(c2)c2ccccc2n3C2=C3C=CCCC3=CCC2)c2ccccc21.C=Cc1ccc(C)cc1C=C.CC. The van der Waals surface area contributed by atoms with E-state index in [0.29, 0.717) is 0 Å². The summed E-state index contributed by atoms with van der Waals surface area (Å²) in [6.07, 6.45) is 35.5. The Balaban J connectivity index is 0.000000376. The minimum Gasteiger partial charge on any atom is -0.312 e. The van der Waals surface area contributed by atoms with Crippen molar-refractivity contribution in [3.8, 4) is 0 Å². The lowest BCUT2D eigenvalue weighted by molar-refractivity contribution is 0.886. The molecule has 5 aliphatic carbocycles. The minimum absolute atomic E-state index is 0.872. The van der Waals surface area contributed by atoms with E-state index in [-0.39, 0.29) is 0 Å². The minimum atomic E-state index is 0.872. The molecule has 0 atom stereocenters. The monoisotopic (exact) mass is 833 g/mol. The number of para-hydroxylation sites is 1. The van der Waals surface area contributed by atoms with Crippen LogP contribution in [-0.4, -0.2) is 4.57 Å². The van der Waals surface area contributed by atoms with Gasteiger partial charge >= 0.3 is 0 Å². The molecule has 0 bridgehead atoms. The van der Waals surface area contributed by atoms with Crippen LogP contribution in [0.5, 0.6) is 0 Å². The van der Waals surface area contributed by atoms with Gasteiger partial charge in [0.2, 0.25) is 0 Å². The smallest absolute Gasteiger partial charge is 0.0538 e. The standard InChI is InChI=1S/C50H45N.C11H12.C2H6/c1-4-7-20-39-38-23-11-13-26-43(38)50(49-41(17-5-2)35(6-3)37-22-10-12-25-42(37)49)45(39)32-33-29-30-48-44(31-33)40-24-14-15-27-47(40)51(48)46-28-16-19-34-18-8-9-21-36(34)46;1-4-10-7-6-9(3)8-11(10)5-2;1-2/h5-7,9-12,14-15,17,19-25,27,29-31H,3-4,8,13,16,18,26,28,32H2,1-2H3;4-8H,1-2H2,3H3;1-2H3/b17-5-,20-7-,50-49-;;. The lowest BCUT2D eigenvalue weighted by Gasteiger charge is -2.24. The summed E-state index contributed by atoms with van der Waals surface area (Å²) in [5, 5.41) is 2.68. The van der Waals surface area contributed by atoms with Gasteiger partial charge in [-0.3, -0.25) is 0 Å². The van der Waals surface area contributed by atoms with Gasteiger partial charge in [-0.1, -0.05) is 186 Å². The number of hydrogen-bond acceptors (Lipinski definition) is 0. The molecule has 0 spiro atoms. The molecule has 64 heavy (non-hydrogen) atoms. The van der Waals surface area contributed by atoms with Gasteiger partial charge < -0.3 is 4.57 Å². The molecular formula is C63H63N. The molecule has 0 radical (unpaired) electrons. The molecule has 4 aromatic carbocycles. The molecule has 0 fully saturated rings. The van der Waals surface area contributed by atoms with E-state index < -0.39 is 0 Å². The van der Waals surface area contributed by atoms with Crippen molar-refractivity contribution in [1.29, 1.82) is 0 Å². The van der Waals surface area contributed by atoms with Crippen LogP contribution < -0.4 is 0 Å². The zero-order valence-corrected chi connectivity index (χ0v) is 38.7. The summed E-state index contributed by atoms with van der Waals surface area (Å²) in [5.74, 6) is 0. The summed E-state index contributed by atoms with van der Waals surface area (Å²) >= 11 is 0. The maximum atomic E-state index is 4.30. The number of allylic oxidation sites excluding steroid dienone is 21. The molecule has 0 saturated heterocycles. The van der Waals surface area contributed by atoms with Gasteiger partial charge in [0, 0.05) is 16.5 Å². The number of aromatic nitrogens is 1. The first-order valence-electron chi connectivity index (χ1n) is 23.6. The second-order valence-electron chi connectivity index (χ2n) is 16.9. The van der Waals surface area contributed by atoms with Crippen molar-refractivity contribution >= 4 is 50.8 Å². The van der Waals surface area contributed by atoms with Crippen LogP contribution in [0.3, 0.4) is 0 Å². The van der Waals surface area contributed by atoms with E-state index in [0.717, 1.165) is 62.5 Å². The molecule has 1 aromatic heterocycles. The number of nitrogens with zero attached hydrogens (tertiary/aromatic N) is 1. The van der Waals surface area contributed by atoms with Gasteiger partial charge in [0.05, 0.1) is 11.0 Å². The van der Waals surface area contributed by atoms with Crippen molar-refractivity contribution in [2.75, 3.05) is 0 Å². The third-order valence-electron chi connectivity index (χ3n) is 13.1. The Morgan fingerprint density at radius 3 is 2.14 bits per heavy atom. The Labute approximate surface area is 383 Å². The van der Waals surface area contributed by atoms with Crippen LogP contribution in [0.15, 0.2) is 210 Å². The van der Waals surface area contributed by atoms with Crippen molar-refractivity contribution in [3.05, 3.63) is 243 Å². The van der Waals surface area contributed by atoms with Crippen LogP contribution in [-0.2, 0) is 6.42 Å². The lowest BCUT2D eigenvalue weighted by atomic mass is 9.85. The van der Waals surface area contributed by atoms with E-state index in [1.807, 2.05) is 26.0 Å². The Morgan fingerprint density at radius 1 is 0.641 bits per heavy atom. The Bertz CT molecular complexity index is 3010. The summed E-state index contributed by atoms with van der Waals surface area (Å²) < 4.78 is 2.58. The molecule has 320 valence electrons. The Morgan fingerprint density at radius 2 is 1.38 bits per heavy atom. The first kappa shape index (κ1) is 43.9. The third kappa shape index (κ3) is 8.05. The summed E-state index contributed by atoms with van der Waals surface area (Å²) in [4.78, 5) is 0. The van der Waals surface area contributed by atoms with Gasteiger partial charge in [0.15, 0.2) is 0 Å². The van der Waals surface area contributed by atoms with Crippen LogP contribution in [0.4, 0.5) is 0 Å². The molecule has 1 heterocycles. The van der Waals surface area contributed by atoms with E-state index in [4.69, 9.17) is 0 Å². The van der Waals surface area contributed by atoms with Crippen LogP contribution in [0, 0.1) is 6.92 Å². The molecule has 0 N–H and O–H groups in total. The third-order valence-corrected chi connectivity index (χ3v) is 13.1. The van der Waals surface area contributed by atoms with E-state index in [2.05, 4.69) is 191 Å². The summed E-state index contributed by atoms with van der Waals surface area (Å²) in [5.41, 5.74) is 25.6. The second-order valence-corrected chi connectivity index (χ2v) is 16.9. The highest BCUT2D eigenvalue weighted by Gasteiger charge is 2.35. The van der Waals surface area contributed by atoms with Gasteiger partial charge in [0.25, 0.3) is 0 Å². The van der Waals surface area contributed by atoms with E-state index in [1.165, 1.54) is 105 Å². The first-order valence-corrected chi connectivity index (χ1v) is 23.6. The second kappa shape index (κ2) is 19.8. The number of rotatable bonds is 9. The zero-order valence-electron chi connectivity index (χ0n) is 38.7. The van der Waals surface area contributed by atoms with Crippen LogP contribution in [0.2, 0.25) is 0 Å². The molecule has 0 unspecified atom stereocenters. The quantitative estimate of drug-likeness (QED) is 0.139. The number of hydrogen-bond donors (Lipinski definition) is 0. The van der Waals surface area contributed by atoms with Gasteiger partial charge in [0.1, 0.15) is 0 Å². The number of fused-ring (bicyclic) bond motifs is 5. The Hall–Kier alpha value is -6.70. The van der Waals surface area contributed by atoms with Gasteiger partial charge in [-0.05, 0) is 167 Å². The Kier molecular flexibility index (Phi) is 13.6.